The fraction of sp³-hybridized carbons (Fsp3) is 0.389. The number of nitrogens with one attached hydrogen (secondary N) is 2. The van der Waals surface area contributed by atoms with Crippen molar-refractivity contribution in [2.45, 2.75) is 18.9 Å². The predicted octanol–water partition coefficient (Wildman–Crippen LogP) is 2.30. The minimum Gasteiger partial charge on any atom is -0.381 e. The summed E-state index contributed by atoms with van der Waals surface area (Å²) in [7, 11) is 1.81. The molecule has 0 unspecified atom stereocenters. The zero-order valence-electron chi connectivity index (χ0n) is 13.4. The Bertz CT molecular complexity index is 735. The van der Waals surface area contributed by atoms with E-state index in [-0.39, 0.29) is 0 Å². The van der Waals surface area contributed by atoms with Crippen molar-refractivity contribution in [2.24, 2.45) is 0 Å². The molecule has 1 aromatic carbocycles. The molecule has 4 rings (SSSR count). The first-order valence-electron chi connectivity index (χ1n) is 8.19. The molecule has 1 aromatic heterocycles. The Labute approximate surface area is 136 Å². The number of piperidine rings is 1. The Morgan fingerprint density at radius 2 is 2.09 bits per heavy atom. The number of fused-ring (bicyclic) bond motifs is 1. The molecule has 5 nitrogen and oxygen atoms in total. The lowest BCUT2D eigenvalue weighted by molar-refractivity contribution is 0.0819. The van der Waals surface area contributed by atoms with Gasteiger partial charge in [-0.3, -0.25) is 4.98 Å². The van der Waals surface area contributed by atoms with Crippen molar-refractivity contribution in [1.29, 1.82) is 0 Å². The maximum Gasteiger partial charge on any atom is 0.0723 e. The zero-order chi connectivity index (χ0) is 15.6. The van der Waals surface area contributed by atoms with E-state index >= 15 is 0 Å². The molecule has 1 fully saturated rings. The molecule has 2 aliphatic rings. The van der Waals surface area contributed by atoms with Crippen LogP contribution in [0.2, 0.25) is 0 Å². The van der Waals surface area contributed by atoms with Gasteiger partial charge in [0.25, 0.3) is 0 Å². The molecule has 0 bridgehead atoms. The number of ether oxygens (including phenoxy) is 1. The molecule has 0 saturated carbocycles. The maximum absolute atomic E-state index is 5.49. The van der Waals surface area contributed by atoms with Crippen LogP contribution in [0.15, 0.2) is 36.7 Å². The quantitative estimate of drug-likeness (QED) is 0.911. The molecule has 2 aromatic rings. The van der Waals surface area contributed by atoms with Crippen LogP contribution in [0.5, 0.6) is 0 Å². The van der Waals surface area contributed by atoms with E-state index in [4.69, 9.17) is 4.74 Å². The average molecular weight is 310 g/mol. The Morgan fingerprint density at radius 1 is 1.22 bits per heavy atom. The van der Waals surface area contributed by atoms with Gasteiger partial charge in [0.15, 0.2) is 0 Å². The first kappa shape index (κ1) is 14.5. The van der Waals surface area contributed by atoms with Crippen LogP contribution in [-0.4, -0.2) is 37.8 Å². The van der Waals surface area contributed by atoms with Crippen molar-refractivity contribution in [2.75, 3.05) is 31.6 Å². The molecule has 5 heteroatoms. The van der Waals surface area contributed by atoms with Crippen LogP contribution in [0.4, 0.5) is 5.69 Å². The molecule has 0 radical (unpaired) electrons. The van der Waals surface area contributed by atoms with Crippen LogP contribution in [0.1, 0.15) is 18.4 Å². The van der Waals surface area contributed by atoms with Crippen LogP contribution in [0.3, 0.4) is 0 Å². The number of pyridine rings is 1. The summed E-state index contributed by atoms with van der Waals surface area (Å²) in [6.07, 6.45) is 6.51. The summed E-state index contributed by atoms with van der Waals surface area (Å²) in [6, 6.07) is 8.67. The minimum atomic E-state index is 0.399. The lowest BCUT2D eigenvalue weighted by Crippen LogP contribution is -2.36. The number of rotatable bonds is 3. The van der Waals surface area contributed by atoms with Gasteiger partial charge in [-0.05, 0) is 42.2 Å². The molecule has 0 spiro atoms. The first-order chi connectivity index (χ1) is 11.3. The van der Waals surface area contributed by atoms with Gasteiger partial charge < -0.3 is 15.1 Å². The Morgan fingerprint density at radius 3 is 2.83 bits per heavy atom. The summed E-state index contributed by atoms with van der Waals surface area (Å²) in [6.45, 7) is 2.92. The van der Waals surface area contributed by atoms with E-state index in [0.29, 0.717) is 6.10 Å². The SMILES string of the molecule is COC1CCN(c2ccnc3ccc(C4=CNNC4)cc23)CC1. The fourth-order valence-electron chi connectivity index (χ4n) is 3.46. The van der Waals surface area contributed by atoms with Crippen molar-refractivity contribution in [3.63, 3.8) is 0 Å². The molecule has 3 heterocycles. The molecule has 120 valence electrons. The third kappa shape index (κ3) is 2.78. The first-order valence-corrected chi connectivity index (χ1v) is 8.19. The highest BCUT2D eigenvalue weighted by Crippen LogP contribution is 2.30. The van der Waals surface area contributed by atoms with Crippen LogP contribution >= 0.6 is 0 Å². The lowest BCUT2D eigenvalue weighted by atomic mass is 10.0. The normalized spacial score (nSPS) is 19.0. The average Bonchev–Trinajstić information content (AvgIpc) is 3.15. The monoisotopic (exact) mass is 310 g/mol. The standard InChI is InChI=1S/C18H22N4O/c1-23-15-5-8-22(9-6-15)18-4-7-19-17-3-2-13(10-16(17)18)14-11-20-21-12-14/h2-4,7,10-11,15,20-21H,5-6,8-9,12H2,1H3. The van der Waals surface area contributed by atoms with E-state index < -0.39 is 0 Å². The van der Waals surface area contributed by atoms with Gasteiger partial charge in [-0.15, -0.1) is 0 Å². The number of hydrogen-bond acceptors (Lipinski definition) is 5. The van der Waals surface area contributed by atoms with Crippen LogP contribution in [-0.2, 0) is 4.74 Å². The summed E-state index contributed by atoms with van der Waals surface area (Å²) in [5, 5.41) is 1.23. The van der Waals surface area contributed by atoms with Crippen molar-refractivity contribution in [3.8, 4) is 0 Å². The van der Waals surface area contributed by atoms with E-state index in [0.717, 1.165) is 38.0 Å². The topological polar surface area (TPSA) is 49.4 Å². The Balaban J connectivity index is 1.70. The predicted molar refractivity (Wildman–Crippen MR) is 93.1 cm³/mol. The lowest BCUT2D eigenvalue weighted by Gasteiger charge is -2.33. The van der Waals surface area contributed by atoms with E-state index in [9.17, 15) is 0 Å². The highest BCUT2D eigenvalue weighted by Gasteiger charge is 2.20. The molecule has 2 N–H and O–H groups in total. The Kier molecular flexibility index (Phi) is 3.89. The second kappa shape index (κ2) is 6.18. The maximum atomic E-state index is 5.49. The van der Waals surface area contributed by atoms with Gasteiger partial charge in [0.1, 0.15) is 0 Å². The van der Waals surface area contributed by atoms with E-state index in [2.05, 4.69) is 45.0 Å². The summed E-state index contributed by atoms with van der Waals surface area (Å²) in [4.78, 5) is 6.99. The largest absolute Gasteiger partial charge is 0.381 e. The smallest absolute Gasteiger partial charge is 0.0723 e. The van der Waals surface area contributed by atoms with Gasteiger partial charge in [0, 0.05) is 50.2 Å². The second-order valence-electron chi connectivity index (χ2n) is 6.15. The number of hydrogen-bond donors (Lipinski definition) is 2. The zero-order valence-corrected chi connectivity index (χ0v) is 13.4. The van der Waals surface area contributed by atoms with Crippen molar-refractivity contribution >= 4 is 22.2 Å². The third-order valence-corrected chi connectivity index (χ3v) is 4.83. The van der Waals surface area contributed by atoms with E-state index in [1.54, 1.807) is 0 Å². The molecule has 1 saturated heterocycles. The molecule has 0 atom stereocenters. The molecule has 0 aliphatic carbocycles. The van der Waals surface area contributed by atoms with Crippen LogP contribution < -0.4 is 15.8 Å². The highest BCUT2D eigenvalue weighted by atomic mass is 16.5. The van der Waals surface area contributed by atoms with Crippen LogP contribution in [0, 0.1) is 0 Å². The van der Waals surface area contributed by atoms with Gasteiger partial charge >= 0.3 is 0 Å². The van der Waals surface area contributed by atoms with Gasteiger partial charge in [0.05, 0.1) is 11.6 Å². The van der Waals surface area contributed by atoms with Gasteiger partial charge in [-0.25, -0.2) is 5.43 Å². The summed E-state index contributed by atoms with van der Waals surface area (Å²) in [5.74, 6) is 0. The highest BCUT2D eigenvalue weighted by molar-refractivity contribution is 5.94. The van der Waals surface area contributed by atoms with Gasteiger partial charge in [-0.2, -0.15) is 0 Å². The van der Waals surface area contributed by atoms with Crippen molar-refractivity contribution in [1.82, 2.24) is 15.8 Å². The number of hydrazine groups is 1. The second-order valence-corrected chi connectivity index (χ2v) is 6.15. The van der Waals surface area contributed by atoms with E-state index in [1.165, 1.54) is 22.2 Å². The Hall–Kier alpha value is -2.11. The summed E-state index contributed by atoms with van der Waals surface area (Å²) >= 11 is 0. The molecule has 23 heavy (non-hydrogen) atoms. The molecule has 0 amide bonds. The fourth-order valence-corrected chi connectivity index (χ4v) is 3.46. The van der Waals surface area contributed by atoms with Crippen molar-refractivity contribution < 1.29 is 4.74 Å². The number of benzene rings is 1. The number of nitrogens with zero attached hydrogens (tertiary/aromatic N) is 2. The van der Waals surface area contributed by atoms with Crippen LogP contribution in [0.25, 0.3) is 16.5 Å². The van der Waals surface area contributed by atoms with Gasteiger partial charge in [0.2, 0.25) is 0 Å². The third-order valence-electron chi connectivity index (χ3n) is 4.83. The molecular weight excluding hydrogens is 288 g/mol. The summed E-state index contributed by atoms with van der Waals surface area (Å²) < 4.78 is 5.49. The number of anilines is 1. The molecular formula is C18H22N4O. The minimum absolute atomic E-state index is 0.399. The molecule has 2 aliphatic heterocycles. The van der Waals surface area contributed by atoms with Gasteiger partial charge in [-0.1, -0.05) is 6.07 Å². The van der Waals surface area contributed by atoms with E-state index in [1.807, 2.05) is 19.5 Å². The van der Waals surface area contributed by atoms with Crippen molar-refractivity contribution in [3.05, 3.63) is 42.2 Å². The number of aromatic nitrogens is 1. The summed E-state index contributed by atoms with van der Waals surface area (Å²) in [5.41, 5.74) is 11.0. The number of methoxy groups -OCH3 is 1.